The van der Waals surface area contributed by atoms with Gasteiger partial charge in [0.15, 0.2) is 0 Å². The lowest BCUT2D eigenvalue weighted by Gasteiger charge is -2.23. The van der Waals surface area contributed by atoms with Crippen molar-refractivity contribution < 1.29 is 4.79 Å². The van der Waals surface area contributed by atoms with Crippen molar-refractivity contribution in [2.24, 2.45) is 5.41 Å². The Hall–Kier alpha value is 0.300. The van der Waals surface area contributed by atoms with Crippen molar-refractivity contribution in [1.29, 1.82) is 0 Å². The summed E-state index contributed by atoms with van der Waals surface area (Å²) in [6.07, 6.45) is 4.72. The molecule has 1 saturated heterocycles. The molecule has 1 N–H and O–H groups in total. The minimum absolute atomic E-state index is 0.150. The third-order valence-corrected chi connectivity index (χ3v) is 6.27. The van der Waals surface area contributed by atoms with Crippen LogP contribution in [0, 0.1) is 5.41 Å². The number of thioether (sulfide) groups is 1. The highest BCUT2D eigenvalue weighted by Gasteiger charge is 2.43. The monoisotopic (exact) mass is 291 g/mol. The molecule has 2 nitrogen and oxygen atoms in total. The van der Waals surface area contributed by atoms with Crippen LogP contribution in [0.2, 0.25) is 0 Å². The molecule has 15 heavy (non-hydrogen) atoms. The molecule has 0 aromatic carbocycles. The fraction of sp³-hybridized carbons (Fsp3) is 0.909. The molecule has 2 aliphatic rings. The summed E-state index contributed by atoms with van der Waals surface area (Å²) in [6.45, 7) is 2.93. The number of nitrogens with one attached hydrogen (secondary N) is 1. The normalized spacial score (nSPS) is 32.7. The van der Waals surface area contributed by atoms with E-state index in [1.807, 2.05) is 11.8 Å². The van der Waals surface area contributed by atoms with Gasteiger partial charge >= 0.3 is 0 Å². The van der Waals surface area contributed by atoms with Crippen molar-refractivity contribution in [1.82, 2.24) is 5.32 Å². The first-order valence-electron chi connectivity index (χ1n) is 5.59. The Morgan fingerprint density at radius 1 is 1.47 bits per heavy atom. The molecule has 1 unspecified atom stereocenters. The van der Waals surface area contributed by atoms with Crippen LogP contribution in [-0.4, -0.2) is 28.3 Å². The Bertz CT molecular complexity index is 259. The first-order chi connectivity index (χ1) is 7.10. The zero-order valence-electron chi connectivity index (χ0n) is 9.14. The zero-order valence-corrected chi connectivity index (χ0v) is 11.5. The van der Waals surface area contributed by atoms with Crippen LogP contribution in [0.1, 0.15) is 32.6 Å². The molecule has 1 saturated carbocycles. The molecule has 0 aromatic rings. The summed E-state index contributed by atoms with van der Waals surface area (Å²) in [5.74, 6) is 1.38. The number of hydrogen-bond acceptors (Lipinski definition) is 2. The predicted molar refractivity (Wildman–Crippen MR) is 68.6 cm³/mol. The topological polar surface area (TPSA) is 29.1 Å². The standard InChI is InChI=1S/C11H18BrNOS/c1-10(3-2-6-15-10)9(14)13-8-11(7-12)4-5-11/h2-8H2,1H3,(H,13,14). The van der Waals surface area contributed by atoms with E-state index in [4.69, 9.17) is 0 Å². The maximum absolute atomic E-state index is 12.0. The molecular weight excluding hydrogens is 274 g/mol. The van der Waals surface area contributed by atoms with Crippen LogP contribution in [0.5, 0.6) is 0 Å². The lowest BCUT2D eigenvalue weighted by Crippen LogP contribution is -2.43. The first kappa shape index (κ1) is 11.8. The van der Waals surface area contributed by atoms with Gasteiger partial charge in [-0.3, -0.25) is 4.79 Å². The average molecular weight is 292 g/mol. The molecule has 86 valence electrons. The highest BCUT2D eigenvalue weighted by Crippen LogP contribution is 2.46. The van der Waals surface area contributed by atoms with Crippen LogP contribution < -0.4 is 5.32 Å². The van der Waals surface area contributed by atoms with Crippen molar-refractivity contribution in [3.05, 3.63) is 0 Å². The van der Waals surface area contributed by atoms with Crippen LogP contribution >= 0.6 is 27.7 Å². The molecule has 1 atom stereocenters. The van der Waals surface area contributed by atoms with Crippen molar-refractivity contribution in [3.8, 4) is 0 Å². The number of amides is 1. The van der Waals surface area contributed by atoms with Gasteiger partial charge in [0.05, 0.1) is 4.75 Å². The van der Waals surface area contributed by atoms with Gasteiger partial charge in [-0.2, -0.15) is 0 Å². The van der Waals surface area contributed by atoms with Crippen LogP contribution in [-0.2, 0) is 4.79 Å². The largest absolute Gasteiger partial charge is 0.354 e. The quantitative estimate of drug-likeness (QED) is 0.807. The van der Waals surface area contributed by atoms with Crippen molar-refractivity contribution in [3.63, 3.8) is 0 Å². The number of hydrogen-bond donors (Lipinski definition) is 1. The molecule has 0 bridgehead atoms. The Kier molecular flexibility index (Phi) is 3.36. The highest BCUT2D eigenvalue weighted by molar-refractivity contribution is 9.09. The van der Waals surface area contributed by atoms with E-state index in [1.165, 1.54) is 19.3 Å². The lowest BCUT2D eigenvalue weighted by molar-refractivity contribution is -0.123. The Labute approximate surface area is 104 Å². The van der Waals surface area contributed by atoms with Gasteiger partial charge in [-0.15, -0.1) is 11.8 Å². The van der Waals surface area contributed by atoms with Gasteiger partial charge in [-0.1, -0.05) is 15.9 Å². The fourth-order valence-electron chi connectivity index (χ4n) is 1.95. The van der Waals surface area contributed by atoms with E-state index in [0.717, 1.165) is 24.0 Å². The van der Waals surface area contributed by atoms with Crippen LogP contribution in [0.25, 0.3) is 0 Å². The zero-order chi connectivity index (χ0) is 10.9. The number of carbonyl (C=O) groups excluding carboxylic acids is 1. The summed E-state index contributed by atoms with van der Waals surface area (Å²) in [5.41, 5.74) is 0.384. The fourth-order valence-corrected chi connectivity index (χ4v) is 3.94. The van der Waals surface area contributed by atoms with Gasteiger partial charge < -0.3 is 5.32 Å². The molecule has 0 aromatic heterocycles. The third-order valence-electron chi connectivity index (χ3n) is 3.56. The summed E-state index contributed by atoms with van der Waals surface area (Å²) in [4.78, 5) is 12.0. The van der Waals surface area contributed by atoms with E-state index >= 15 is 0 Å². The number of alkyl halides is 1. The van der Waals surface area contributed by atoms with Crippen LogP contribution in [0.3, 0.4) is 0 Å². The van der Waals surface area contributed by atoms with E-state index in [0.29, 0.717) is 5.41 Å². The maximum atomic E-state index is 12.0. The second-order valence-corrected chi connectivity index (χ2v) is 7.16. The van der Waals surface area contributed by atoms with Gasteiger partial charge in [0, 0.05) is 11.9 Å². The van der Waals surface area contributed by atoms with E-state index in [1.54, 1.807) is 0 Å². The lowest BCUT2D eigenvalue weighted by atomic mass is 10.0. The molecular formula is C11H18BrNOS. The van der Waals surface area contributed by atoms with Gasteiger partial charge in [0.2, 0.25) is 5.91 Å². The third kappa shape index (κ3) is 2.52. The number of rotatable bonds is 4. The summed E-state index contributed by atoms with van der Waals surface area (Å²) in [5, 5.41) is 4.15. The summed E-state index contributed by atoms with van der Waals surface area (Å²) in [6, 6.07) is 0. The highest BCUT2D eigenvalue weighted by atomic mass is 79.9. The van der Waals surface area contributed by atoms with Crippen molar-refractivity contribution >= 4 is 33.6 Å². The minimum Gasteiger partial charge on any atom is -0.354 e. The van der Waals surface area contributed by atoms with Crippen molar-refractivity contribution in [2.75, 3.05) is 17.6 Å². The summed E-state index contributed by atoms with van der Waals surface area (Å²) in [7, 11) is 0. The van der Waals surface area contributed by atoms with Crippen LogP contribution in [0.15, 0.2) is 0 Å². The SMILES string of the molecule is CC1(C(=O)NCC2(CBr)CC2)CCCS1. The number of carbonyl (C=O) groups is 1. The summed E-state index contributed by atoms with van der Waals surface area (Å²) < 4.78 is -0.150. The van der Waals surface area contributed by atoms with Gasteiger partial charge in [0.25, 0.3) is 0 Å². The molecule has 2 fully saturated rings. The molecule has 1 amide bonds. The first-order valence-corrected chi connectivity index (χ1v) is 7.69. The van der Waals surface area contributed by atoms with E-state index in [2.05, 4.69) is 28.2 Å². The number of halogens is 1. The van der Waals surface area contributed by atoms with Crippen molar-refractivity contribution in [2.45, 2.75) is 37.4 Å². The van der Waals surface area contributed by atoms with Gasteiger partial charge in [-0.25, -0.2) is 0 Å². The second kappa shape index (κ2) is 4.28. The molecule has 0 radical (unpaired) electrons. The second-order valence-electron chi connectivity index (χ2n) is 5.00. The molecule has 2 rings (SSSR count). The Morgan fingerprint density at radius 2 is 2.20 bits per heavy atom. The average Bonchev–Trinajstić information content (AvgIpc) is 2.90. The van der Waals surface area contributed by atoms with E-state index in [-0.39, 0.29) is 10.7 Å². The minimum atomic E-state index is -0.150. The smallest absolute Gasteiger partial charge is 0.235 e. The Balaban J connectivity index is 1.82. The predicted octanol–water partition coefficient (Wildman–Crippen LogP) is 2.56. The molecule has 1 aliphatic carbocycles. The van der Waals surface area contributed by atoms with E-state index < -0.39 is 0 Å². The molecule has 0 spiro atoms. The van der Waals surface area contributed by atoms with Gasteiger partial charge in [-0.05, 0) is 43.8 Å². The Morgan fingerprint density at radius 3 is 2.67 bits per heavy atom. The molecule has 4 heteroatoms. The summed E-state index contributed by atoms with van der Waals surface area (Å²) >= 11 is 5.33. The van der Waals surface area contributed by atoms with Gasteiger partial charge in [0.1, 0.15) is 0 Å². The van der Waals surface area contributed by atoms with Crippen LogP contribution in [0.4, 0.5) is 0 Å². The molecule has 1 aliphatic heterocycles. The maximum Gasteiger partial charge on any atom is 0.235 e. The molecule has 1 heterocycles. The van der Waals surface area contributed by atoms with E-state index in [9.17, 15) is 4.79 Å².